The average Bonchev–Trinajstić information content (AvgIpc) is 2.87. The third-order valence-electron chi connectivity index (χ3n) is 3.35. The Morgan fingerprint density at radius 3 is 2.70 bits per heavy atom. The van der Waals surface area contributed by atoms with E-state index in [1.54, 1.807) is 0 Å². The molecule has 0 amide bonds. The van der Waals surface area contributed by atoms with Crippen molar-refractivity contribution in [2.75, 3.05) is 12.3 Å². The topological polar surface area (TPSA) is 40.2 Å². The molecule has 0 aliphatic rings. The van der Waals surface area contributed by atoms with E-state index in [0.717, 1.165) is 31.0 Å². The molecule has 3 nitrogen and oxygen atoms in total. The Labute approximate surface area is 118 Å². The molecule has 0 unspecified atom stereocenters. The average molecular weight is 266 g/mol. The number of nitrogens with two attached hydrogens (primary N) is 1. The molecular weight excluding hydrogens is 248 g/mol. The van der Waals surface area contributed by atoms with Crippen LogP contribution in [0.5, 0.6) is 5.75 Å². The Kier molecular flexibility index (Phi) is 3.59. The Balaban J connectivity index is 1.58. The van der Waals surface area contributed by atoms with Gasteiger partial charge in [-0.3, -0.25) is 0 Å². The highest BCUT2D eigenvalue weighted by atomic mass is 16.5. The minimum atomic E-state index is 0.721. The SMILES string of the molecule is Nc1ccc2c(ccn2CCCOc2ccccc2)c1. The van der Waals surface area contributed by atoms with Crippen LogP contribution in [0.2, 0.25) is 0 Å². The smallest absolute Gasteiger partial charge is 0.119 e. The van der Waals surface area contributed by atoms with Crippen molar-refractivity contribution in [1.29, 1.82) is 0 Å². The van der Waals surface area contributed by atoms with Crippen LogP contribution in [-0.4, -0.2) is 11.2 Å². The predicted molar refractivity (Wildman–Crippen MR) is 82.9 cm³/mol. The summed E-state index contributed by atoms with van der Waals surface area (Å²) in [6.45, 7) is 1.67. The zero-order valence-corrected chi connectivity index (χ0v) is 11.3. The van der Waals surface area contributed by atoms with Crippen LogP contribution < -0.4 is 10.5 Å². The molecule has 1 heterocycles. The summed E-state index contributed by atoms with van der Waals surface area (Å²) >= 11 is 0. The molecule has 0 radical (unpaired) electrons. The van der Waals surface area contributed by atoms with Gasteiger partial charge in [-0.15, -0.1) is 0 Å². The third-order valence-corrected chi connectivity index (χ3v) is 3.35. The molecule has 3 rings (SSSR count). The van der Waals surface area contributed by atoms with E-state index < -0.39 is 0 Å². The van der Waals surface area contributed by atoms with Crippen molar-refractivity contribution in [1.82, 2.24) is 4.57 Å². The van der Waals surface area contributed by atoms with Crippen LogP contribution in [0.15, 0.2) is 60.8 Å². The van der Waals surface area contributed by atoms with Gasteiger partial charge in [-0.2, -0.15) is 0 Å². The molecule has 20 heavy (non-hydrogen) atoms. The minimum Gasteiger partial charge on any atom is -0.494 e. The van der Waals surface area contributed by atoms with E-state index in [4.69, 9.17) is 10.5 Å². The Bertz CT molecular complexity index is 689. The molecule has 1 aromatic heterocycles. The van der Waals surface area contributed by atoms with E-state index in [2.05, 4.69) is 22.9 Å². The fraction of sp³-hybridized carbons (Fsp3) is 0.176. The van der Waals surface area contributed by atoms with Crippen molar-refractivity contribution in [2.45, 2.75) is 13.0 Å². The van der Waals surface area contributed by atoms with Crippen LogP contribution in [-0.2, 0) is 6.54 Å². The fourth-order valence-corrected chi connectivity index (χ4v) is 2.36. The van der Waals surface area contributed by atoms with Crippen LogP contribution in [0.25, 0.3) is 10.9 Å². The number of anilines is 1. The molecule has 102 valence electrons. The van der Waals surface area contributed by atoms with Gasteiger partial charge in [0.25, 0.3) is 0 Å². The van der Waals surface area contributed by atoms with Gasteiger partial charge in [0.2, 0.25) is 0 Å². The lowest BCUT2D eigenvalue weighted by Gasteiger charge is -2.08. The molecule has 0 saturated heterocycles. The van der Waals surface area contributed by atoms with Crippen molar-refractivity contribution >= 4 is 16.6 Å². The highest BCUT2D eigenvalue weighted by Crippen LogP contribution is 2.19. The number of ether oxygens (including phenoxy) is 1. The second-order valence-corrected chi connectivity index (χ2v) is 4.84. The number of hydrogen-bond donors (Lipinski definition) is 1. The lowest BCUT2D eigenvalue weighted by molar-refractivity contribution is 0.302. The number of nitrogens with zero attached hydrogens (tertiary/aromatic N) is 1. The number of aryl methyl sites for hydroxylation is 1. The first-order valence-corrected chi connectivity index (χ1v) is 6.85. The Hall–Kier alpha value is -2.42. The predicted octanol–water partition coefficient (Wildman–Crippen LogP) is 3.69. The number of para-hydroxylation sites is 1. The summed E-state index contributed by atoms with van der Waals surface area (Å²) in [5.41, 5.74) is 7.82. The second-order valence-electron chi connectivity index (χ2n) is 4.84. The van der Waals surface area contributed by atoms with E-state index in [-0.39, 0.29) is 0 Å². The molecule has 0 bridgehead atoms. The summed E-state index contributed by atoms with van der Waals surface area (Å²) in [6, 6.07) is 18.0. The third kappa shape index (κ3) is 2.77. The first kappa shape index (κ1) is 12.6. The lowest BCUT2D eigenvalue weighted by Crippen LogP contribution is -2.03. The van der Waals surface area contributed by atoms with E-state index >= 15 is 0 Å². The molecule has 0 saturated carbocycles. The first-order chi connectivity index (χ1) is 9.83. The van der Waals surface area contributed by atoms with Gasteiger partial charge in [0.1, 0.15) is 5.75 Å². The Morgan fingerprint density at radius 2 is 1.85 bits per heavy atom. The number of aromatic nitrogens is 1. The van der Waals surface area contributed by atoms with Crippen molar-refractivity contribution in [3.05, 3.63) is 60.8 Å². The molecule has 0 aliphatic heterocycles. The minimum absolute atomic E-state index is 0.721. The Morgan fingerprint density at radius 1 is 1.00 bits per heavy atom. The number of rotatable bonds is 5. The quantitative estimate of drug-likeness (QED) is 0.565. The van der Waals surface area contributed by atoms with Gasteiger partial charge < -0.3 is 15.0 Å². The first-order valence-electron chi connectivity index (χ1n) is 6.85. The summed E-state index contributed by atoms with van der Waals surface area (Å²) in [5, 5.41) is 1.19. The molecular formula is C17H18N2O. The summed E-state index contributed by atoms with van der Waals surface area (Å²) in [4.78, 5) is 0. The molecule has 0 atom stereocenters. The number of hydrogen-bond acceptors (Lipinski definition) is 2. The zero-order chi connectivity index (χ0) is 13.8. The van der Waals surface area contributed by atoms with E-state index in [1.807, 2.05) is 42.5 Å². The summed E-state index contributed by atoms with van der Waals surface area (Å²) in [7, 11) is 0. The lowest BCUT2D eigenvalue weighted by atomic mass is 10.2. The van der Waals surface area contributed by atoms with E-state index in [9.17, 15) is 0 Å². The van der Waals surface area contributed by atoms with Crippen LogP contribution in [0, 0.1) is 0 Å². The van der Waals surface area contributed by atoms with Crippen molar-refractivity contribution < 1.29 is 4.74 Å². The number of benzene rings is 2. The largest absolute Gasteiger partial charge is 0.494 e. The van der Waals surface area contributed by atoms with Gasteiger partial charge in [0, 0.05) is 29.3 Å². The monoisotopic (exact) mass is 266 g/mol. The maximum atomic E-state index is 5.79. The van der Waals surface area contributed by atoms with Crippen LogP contribution in [0.1, 0.15) is 6.42 Å². The molecule has 0 aliphatic carbocycles. The highest BCUT2D eigenvalue weighted by Gasteiger charge is 2.01. The second kappa shape index (κ2) is 5.70. The van der Waals surface area contributed by atoms with Crippen molar-refractivity contribution in [3.8, 4) is 5.75 Å². The highest BCUT2D eigenvalue weighted by molar-refractivity contribution is 5.83. The van der Waals surface area contributed by atoms with E-state index in [1.165, 1.54) is 10.9 Å². The van der Waals surface area contributed by atoms with Crippen molar-refractivity contribution in [3.63, 3.8) is 0 Å². The molecule has 2 aromatic carbocycles. The maximum absolute atomic E-state index is 5.79. The normalized spacial score (nSPS) is 10.8. The van der Waals surface area contributed by atoms with Gasteiger partial charge in [-0.1, -0.05) is 18.2 Å². The molecule has 3 aromatic rings. The van der Waals surface area contributed by atoms with Gasteiger partial charge in [0.15, 0.2) is 0 Å². The molecule has 2 N–H and O–H groups in total. The fourth-order valence-electron chi connectivity index (χ4n) is 2.36. The summed E-state index contributed by atoms with van der Waals surface area (Å²) in [5.74, 6) is 0.928. The number of nitrogen functional groups attached to an aromatic ring is 1. The van der Waals surface area contributed by atoms with Gasteiger partial charge in [-0.25, -0.2) is 0 Å². The van der Waals surface area contributed by atoms with Gasteiger partial charge in [-0.05, 0) is 42.8 Å². The van der Waals surface area contributed by atoms with Crippen molar-refractivity contribution in [2.24, 2.45) is 0 Å². The van der Waals surface area contributed by atoms with Crippen LogP contribution in [0.4, 0.5) is 5.69 Å². The summed E-state index contributed by atoms with van der Waals surface area (Å²) < 4.78 is 7.94. The van der Waals surface area contributed by atoms with Crippen LogP contribution in [0.3, 0.4) is 0 Å². The number of fused-ring (bicyclic) bond motifs is 1. The van der Waals surface area contributed by atoms with E-state index in [0.29, 0.717) is 0 Å². The standard InChI is InChI=1S/C17H18N2O/c18-15-7-8-17-14(13-15)9-11-19(17)10-4-12-20-16-5-2-1-3-6-16/h1-3,5-9,11,13H,4,10,12,18H2. The molecule has 0 fully saturated rings. The summed E-state index contributed by atoms with van der Waals surface area (Å²) in [6.07, 6.45) is 3.08. The van der Waals surface area contributed by atoms with Gasteiger partial charge in [0.05, 0.1) is 6.61 Å². The van der Waals surface area contributed by atoms with Crippen LogP contribution >= 0.6 is 0 Å². The molecule has 0 spiro atoms. The van der Waals surface area contributed by atoms with Gasteiger partial charge >= 0.3 is 0 Å². The zero-order valence-electron chi connectivity index (χ0n) is 11.3. The molecule has 3 heteroatoms. The maximum Gasteiger partial charge on any atom is 0.119 e.